The number of Topliss-reactive ketones (excluding diaryl/α,β-unsaturated/α-hetero) is 1. The predicted octanol–water partition coefficient (Wildman–Crippen LogP) is 2.68. The quantitative estimate of drug-likeness (QED) is 0.574. The van der Waals surface area contributed by atoms with Crippen LogP contribution in [0.15, 0.2) is 11.8 Å². The Kier molecular flexibility index (Phi) is 3.63. The van der Waals surface area contributed by atoms with Crippen molar-refractivity contribution in [2.45, 2.75) is 63.8 Å². The first-order valence-electron chi connectivity index (χ1n) is 10.8. The smallest absolute Gasteiger partial charge is 0.310 e. The highest BCUT2D eigenvalue weighted by Gasteiger charge is 2.76. The molecule has 0 aromatic carbocycles. The van der Waals surface area contributed by atoms with Gasteiger partial charge in [0.15, 0.2) is 13.6 Å². The standard InChI is InChI=1S/C22H28O7/c1-19-7-6-17(24)29-16(19)4-3-13-14-5-8-21(20(14,2)9-15(23)18(13)19)22(28-12-26-21)10-25-11-27-22/h4,13-14,18H,3,5-12H2,1-2H3/t13-,14+,18+,19+,20+,21+,22+/m1/s1. The highest BCUT2D eigenvalue weighted by molar-refractivity contribution is 5.86. The summed E-state index contributed by atoms with van der Waals surface area (Å²) >= 11 is 0. The molecule has 3 heterocycles. The Balaban J connectivity index is 1.42. The Hall–Kier alpha value is -1.28. The van der Waals surface area contributed by atoms with E-state index in [1.807, 2.05) is 0 Å². The zero-order chi connectivity index (χ0) is 20.1. The van der Waals surface area contributed by atoms with Crippen LogP contribution in [0, 0.1) is 28.6 Å². The summed E-state index contributed by atoms with van der Waals surface area (Å²) in [6, 6.07) is 0. The number of esters is 1. The fourth-order valence-corrected chi connectivity index (χ4v) is 7.88. The van der Waals surface area contributed by atoms with Crippen LogP contribution in [0.4, 0.5) is 0 Å². The lowest BCUT2D eigenvalue weighted by molar-refractivity contribution is -0.246. The lowest BCUT2D eigenvalue weighted by Crippen LogP contribution is -2.65. The van der Waals surface area contributed by atoms with E-state index < -0.39 is 11.4 Å². The summed E-state index contributed by atoms with van der Waals surface area (Å²) in [5.41, 5.74) is -1.42. The Bertz CT molecular complexity index is 808. The van der Waals surface area contributed by atoms with Crippen LogP contribution in [-0.4, -0.2) is 43.3 Å². The van der Waals surface area contributed by atoms with Crippen molar-refractivity contribution in [2.75, 3.05) is 20.2 Å². The molecule has 0 N–H and O–H groups in total. The molecule has 2 saturated carbocycles. The molecule has 7 atom stereocenters. The van der Waals surface area contributed by atoms with E-state index in [2.05, 4.69) is 19.9 Å². The highest BCUT2D eigenvalue weighted by atomic mass is 16.9. The molecule has 0 unspecified atom stereocenters. The second kappa shape index (κ2) is 5.69. The van der Waals surface area contributed by atoms with E-state index in [-0.39, 0.29) is 48.0 Å². The van der Waals surface area contributed by atoms with Gasteiger partial charge in [-0.15, -0.1) is 0 Å². The largest absolute Gasteiger partial charge is 0.431 e. The van der Waals surface area contributed by atoms with Crippen LogP contribution >= 0.6 is 0 Å². The second-order valence-electron chi connectivity index (χ2n) is 10.1. The molecule has 0 aromatic rings. The van der Waals surface area contributed by atoms with E-state index in [0.717, 1.165) is 19.3 Å². The molecule has 5 fully saturated rings. The average Bonchev–Trinajstić information content (AvgIpc) is 3.37. The normalized spacial score (nSPS) is 53.6. The summed E-state index contributed by atoms with van der Waals surface area (Å²) in [7, 11) is 0. The molecule has 0 amide bonds. The van der Waals surface area contributed by atoms with Gasteiger partial charge in [0.1, 0.15) is 23.8 Å². The van der Waals surface area contributed by atoms with Gasteiger partial charge in [0, 0.05) is 29.6 Å². The van der Waals surface area contributed by atoms with E-state index in [1.54, 1.807) is 0 Å². The van der Waals surface area contributed by atoms with Gasteiger partial charge < -0.3 is 23.7 Å². The van der Waals surface area contributed by atoms with Gasteiger partial charge in [-0.05, 0) is 43.6 Å². The molecule has 6 rings (SSSR count). The molecule has 7 heteroatoms. The van der Waals surface area contributed by atoms with Crippen LogP contribution < -0.4 is 0 Å². The van der Waals surface area contributed by atoms with Crippen LogP contribution in [0.5, 0.6) is 0 Å². The number of carbonyl (C=O) groups is 2. The maximum atomic E-state index is 13.7. The first-order valence-corrected chi connectivity index (χ1v) is 10.8. The van der Waals surface area contributed by atoms with Crippen molar-refractivity contribution in [3.8, 4) is 0 Å². The van der Waals surface area contributed by atoms with Crippen LogP contribution in [0.2, 0.25) is 0 Å². The molecule has 3 saturated heterocycles. The van der Waals surface area contributed by atoms with Gasteiger partial charge >= 0.3 is 5.97 Å². The zero-order valence-electron chi connectivity index (χ0n) is 17.0. The third-order valence-corrected chi connectivity index (χ3v) is 9.16. The van der Waals surface area contributed by atoms with Crippen molar-refractivity contribution in [3.05, 3.63) is 11.8 Å². The molecular weight excluding hydrogens is 376 g/mol. The number of hydrogen-bond acceptors (Lipinski definition) is 7. The maximum Gasteiger partial charge on any atom is 0.310 e. The lowest BCUT2D eigenvalue weighted by Gasteiger charge is -2.57. The van der Waals surface area contributed by atoms with Crippen molar-refractivity contribution in [3.63, 3.8) is 0 Å². The topological polar surface area (TPSA) is 80.3 Å². The fraction of sp³-hybridized carbons (Fsp3) is 0.818. The number of allylic oxidation sites excluding steroid dienone is 2. The van der Waals surface area contributed by atoms with Gasteiger partial charge in [0.2, 0.25) is 5.79 Å². The van der Waals surface area contributed by atoms with Crippen molar-refractivity contribution in [1.29, 1.82) is 0 Å². The van der Waals surface area contributed by atoms with Gasteiger partial charge in [-0.25, -0.2) is 0 Å². The van der Waals surface area contributed by atoms with E-state index in [9.17, 15) is 9.59 Å². The average molecular weight is 404 g/mol. The van der Waals surface area contributed by atoms with Gasteiger partial charge in [0.05, 0.1) is 0 Å². The molecule has 0 bridgehead atoms. The summed E-state index contributed by atoms with van der Waals surface area (Å²) in [5.74, 6) is 0.299. The highest BCUT2D eigenvalue weighted by Crippen LogP contribution is 2.70. The third-order valence-electron chi connectivity index (χ3n) is 9.16. The van der Waals surface area contributed by atoms with Gasteiger partial charge in [-0.2, -0.15) is 0 Å². The molecular formula is C22H28O7. The molecule has 158 valence electrons. The van der Waals surface area contributed by atoms with Crippen molar-refractivity contribution >= 4 is 11.8 Å². The Labute approximate surface area is 170 Å². The monoisotopic (exact) mass is 404 g/mol. The summed E-state index contributed by atoms with van der Waals surface area (Å²) in [4.78, 5) is 25.6. The van der Waals surface area contributed by atoms with Crippen LogP contribution in [0.1, 0.15) is 52.4 Å². The van der Waals surface area contributed by atoms with Crippen LogP contribution in [-0.2, 0) is 33.3 Å². The summed E-state index contributed by atoms with van der Waals surface area (Å²) in [5, 5.41) is 0. The minimum absolute atomic E-state index is 0.108. The second-order valence-corrected chi connectivity index (χ2v) is 10.1. The Morgan fingerprint density at radius 2 is 1.90 bits per heavy atom. The minimum atomic E-state index is -0.913. The third kappa shape index (κ3) is 2.03. The minimum Gasteiger partial charge on any atom is -0.431 e. The van der Waals surface area contributed by atoms with Crippen LogP contribution in [0.3, 0.4) is 0 Å². The van der Waals surface area contributed by atoms with Crippen LogP contribution in [0.25, 0.3) is 0 Å². The lowest BCUT2D eigenvalue weighted by atomic mass is 9.48. The van der Waals surface area contributed by atoms with E-state index in [4.69, 9.17) is 23.7 Å². The number of fused-ring (bicyclic) bond motifs is 7. The maximum absolute atomic E-state index is 13.7. The van der Waals surface area contributed by atoms with E-state index >= 15 is 0 Å². The summed E-state index contributed by atoms with van der Waals surface area (Å²) in [6.07, 6.45) is 6.09. The predicted molar refractivity (Wildman–Crippen MR) is 98.0 cm³/mol. The SMILES string of the molecule is C[C@]12CCC(=O)OC1=CC[C@H]1[C@H]2C(=O)C[C@@]2(C)[C@H]1CC[C@]21OCO[C@@]12COCO2. The molecule has 7 nitrogen and oxygen atoms in total. The number of ketones is 1. The van der Waals surface area contributed by atoms with E-state index in [1.165, 1.54) is 0 Å². The van der Waals surface area contributed by atoms with Gasteiger partial charge in [0.25, 0.3) is 0 Å². The van der Waals surface area contributed by atoms with Crippen molar-refractivity contribution in [2.24, 2.45) is 28.6 Å². The first kappa shape index (κ1) is 18.5. The molecule has 29 heavy (non-hydrogen) atoms. The number of rotatable bonds is 0. The molecule has 0 aromatic heterocycles. The molecule has 0 radical (unpaired) electrons. The summed E-state index contributed by atoms with van der Waals surface area (Å²) in [6.45, 7) is 5.01. The molecule has 2 spiro atoms. The molecule has 3 aliphatic carbocycles. The number of ether oxygens (including phenoxy) is 5. The molecule has 3 aliphatic heterocycles. The Morgan fingerprint density at radius 3 is 2.69 bits per heavy atom. The van der Waals surface area contributed by atoms with Crippen molar-refractivity contribution in [1.82, 2.24) is 0 Å². The Morgan fingerprint density at radius 1 is 1.07 bits per heavy atom. The number of carbonyl (C=O) groups excluding carboxylic acids is 2. The van der Waals surface area contributed by atoms with Gasteiger partial charge in [-0.3, -0.25) is 9.59 Å². The fourth-order valence-electron chi connectivity index (χ4n) is 7.88. The molecule has 6 aliphatic rings. The van der Waals surface area contributed by atoms with Crippen molar-refractivity contribution < 1.29 is 33.3 Å². The first-order chi connectivity index (χ1) is 13.9. The number of hydrogen-bond donors (Lipinski definition) is 0. The zero-order valence-corrected chi connectivity index (χ0v) is 17.0. The van der Waals surface area contributed by atoms with E-state index in [0.29, 0.717) is 37.5 Å². The van der Waals surface area contributed by atoms with Gasteiger partial charge in [-0.1, -0.05) is 13.8 Å². The summed E-state index contributed by atoms with van der Waals surface area (Å²) < 4.78 is 29.4.